The van der Waals surface area contributed by atoms with Crippen molar-refractivity contribution in [3.8, 4) is 0 Å². The van der Waals surface area contributed by atoms with E-state index in [0.29, 0.717) is 11.8 Å². The maximum absolute atomic E-state index is 11.6. The molecule has 0 aromatic carbocycles. The van der Waals surface area contributed by atoms with Crippen LogP contribution in [0.1, 0.15) is 39.5 Å². The summed E-state index contributed by atoms with van der Waals surface area (Å²) in [5.41, 5.74) is 0. The van der Waals surface area contributed by atoms with Crippen LogP contribution < -0.4 is 0 Å². The maximum Gasteiger partial charge on any atom is 0.309 e. The Balaban J connectivity index is 1.86. The zero-order chi connectivity index (χ0) is 9.42. The third-order valence-electron chi connectivity index (χ3n) is 3.28. The van der Waals surface area contributed by atoms with Gasteiger partial charge in [-0.1, -0.05) is 12.8 Å². The van der Waals surface area contributed by atoms with E-state index in [2.05, 4.69) is 0 Å². The summed E-state index contributed by atoms with van der Waals surface area (Å²) in [6, 6.07) is 0. The summed E-state index contributed by atoms with van der Waals surface area (Å²) in [5, 5.41) is 0. The Morgan fingerprint density at radius 2 is 1.77 bits per heavy atom. The van der Waals surface area contributed by atoms with Gasteiger partial charge in [0.25, 0.3) is 0 Å². The Morgan fingerprint density at radius 3 is 2.23 bits per heavy atom. The number of hydrogen-bond acceptors (Lipinski definition) is 2. The van der Waals surface area contributed by atoms with E-state index in [-0.39, 0.29) is 18.0 Å². The number of ether oxygens (including phenoxy) is 1. The van der Waals surface area contributed by atoms with Crippen molar-refractivity contribution in [3.63, 3.8) is 0 Å². The lowest BCUT2D eigenvalue weighted by Crippen LogP contribution is -2.14. The number of esters is 1. The summed E-state index contributed by atoms with van der Waals surface area (Å²) in [6.07, 6.45) is 5.18. The van der Waals surface area contributed by atoms with Crippen LogP contribution in [0, 0.1) is 17.8 Å². The summed E-state index contributed by atoms with van der Waals surface area (Å²) in [4.78, 5) is 11.6. The molecule has 2 unspecified atom stereocenters. The van der Waals surface area contributed by atoms with Crippen molar-refractivity contribution >= 4 is 5.97 Å². The highest BCUT2D eigenvalue weighted by Gasteiger charge is 2.55. The molecule has 0 saturated heterocycles. The molecule has 0 bridgehead atoms. The van der Waals surface area contributed by atoms with E-state index in [1.165, 1.54) is 25.7 Å². The summed E-state index contributed by atoms with van der Waals surface area (Å²) < 4.78 is 5.23. The minimum Gasteiger partial charge on any atom is -0.463 e. The monoisotopic (exact) mass is 182 g/mol. The van der Waals surface area contributed by atoms with Gasteiger partial charge in [0.1, 0.15) is 0 Å². The van der Waals surface area contributed by atoms with Gasteiger partial charge in [0.05, 0.1) is 12.0 Å². The Hall–Kier alpha value is -0.530. The molecule has 2 rings (SSSR count). The minimum atomic E-state index is 0.0511. The van der Waals surface area contributed by atoms with Crippen molar-refractivity contribution in [1.82, 2.24) is 0 Å². The summed E-state index contributed by atoms with van der Waals surface area (Å²) in [6.45, 7) is 3.84. The lowest BCUT2D eigenvalue weighted by atomic mass is 10.0. The van der Waals surface area contributed by atoms with Crippen molar-refractivity contribution in [2.75, 3.05) is 0 Å². The van der Waals surface area contributed by atoms with E-state index >= 15 is 0 Å². The van der Waals surface area contributed by atoms with Crippen molar-refractivity contribution < 1.29 is 9.53 Å². The van der Waals surface area contributed by atoms with Crippen LogP contribution >= 0.6 is 0 Å². The number of fused-ring (bicyclic) bond motifs is 1. The van der Waals surface area contributed by atoms with E-state index in [1.807, 2.05) is 13.8 Å². The van der Waals surface area contributed by atoms with Crippen LogP contribution in [0.25, 0.3) is 0 Å². The summed E-state index contributed by atoms with van der Waals surface area (Å²) in [5.74, 6) is 1.69. The summed E-state index contributed by atoms with van der Waals surface area (Å²) >= 11 is 0. The average molecular weight is 182 g/mol. The molecule has 2 atom stereocenters. The molecule has 2 fully saturated rings. The van der Waals surface area contributed by atoms with Gasteiger partial charge in [0.15, 0.2) is 0 Å². The molecule has 0 aromatic rings. The fraction of sp³-hybridized carbons (Fsp3) is 0.909. The average Bonchev–Trinajstić information content (AvgIpc) is 2.76. The van der Waals surface area contributed by atoms with Crippen molar-refractivity contribution in [2.45, 2.75) is 45.6 Å². The van der Waals surface area contributed by atoms with Crippen LogP contribution in [0.2, 0.25) is 0 Å². The smallest absolute Gasteiger partial charge is 0.309 e. The van der Waals surface area contributed by atoms with Crippen LogP contribution in [0.3, 0.4) is 0 Å². The Morgan fingerprint density at radius 1 is 1.23 bits per heavy atom. The Bertz CT molecular complexity index is 198. The van der Waals surface area contributed by atoms with E-state index in [1.54, 1.807) is 0 Å². The molecule has 2 heteroatoms. The summed E-state index contributed by atoms with van der Waals surface area (Å²) in [7, 11) is 0. The molecule has 2 aliphatic carbocycles. The largest absolute Gasteiger partial charge is 0.463 e. The van der Waals surface area contributed by atoms with Gasteiger partial charge in [-0.3, -0.25) is 4.79 Å². The fourth-order valence-electron chi connectivity index (χ4n) is 2.65. The molecular weight excluding hydrogens is 164 g/mol. The minimum absolute atomic E-state index is 0.0511. The van der Waals surface area contributed by atoms with Crippen LogP contribution in [0.5, 0.6) is 0 Å². The van der Waals surface area contributed by atoms with Gasteiger partial charge in [-0.2, -0.15) is 0 Å². The molecular formula is C11H18O2. The number of hydrogen-bond donors (Lipinski definition) is 0. The first-order valence-corrected chi connectivity index (χ1v) is 5.40. The molecule has 0 radical (unpaired) electrons. The standard InChI is InChI=1S/C11H18O2/c1-7(2)13-11(12)10-8-5-3-4-6-9(8)10/h7-10H,3-6H2,1-2H3. The van der Waals surface area contributed by atoms with Crippen molar-refractivity contribution in [1.29, 1.82) is 0 Å². The third kappa shape index (κ3) is 1.72. The van der Waals surface area contributed by atoms with Crippen LogP contribution in [-0.2, 0) is 9.53 Å². The zero-order valence-electron chi connectivity index (χ0n) is 8.45. The van der Waals surface area contributed by atoms with E-state index in [4.69, 9.17) is 4.74 Å². The first-order valence-electron chi connectivity index (χ1n) is 5.40. The normalized spacial score (nSPS) is 37.0. The molecule has 2 aliphatic rings. The van der Waals surface area contributed by atoms with E-state index in [0.717, 1.165) is 0 Å². The SMILES string of the molecule is CC(C)OC(=O)C1C2CCCCC21. The second kappa shape index (κ2) is 3.32. The molecule has 0 aliphatic heterocycles. The molecule has 0 aromatic heterocycles. The highest BCUT2D eigenvalue weighted by atomic mass is 16.5. The number of carbonyl (C=O) groups is 1. The molecule has 2 saturated carbocycles. The van der Waals surface area contributed by atoms with Gasteiger partial charge < -0.3 is 4.74 Å². The van der Waals surface area contributed by atoms with E-state index in [9.17, 15) is 4.79 Å². The van der Waals surface area contributed by atoms with Gasteiger partial charge >= 0.3 is 5.97 Å². The molecule has 0 N–H and O–H groups in total. The van der Waals surface area contributed by atoms with Crippen molar-refractivity contribution in [3.05, 3.63) is 0 Å². The van der Waals surface area contributed by atoms with Crippen molar-refractivity contribution in [2.24, 2.45) is 17.8 Å². The second-order valence-corrected chi connectivity index (χ2v) is 4.62. The lowest BCUT2D eigenvalue weighted by Gasteiger charge is -2.06. The van der Waals surface area contributed by atoms with Crippen LogP contribution in [-0.4, -0.2) is 12.1 Å². The molecule has 0 amide bonds. The topological polar surface area (TPSA) is 26.3 Å². The maximum atomic E-state index is 11.6. The molecule has 2 nitrogen and oxygen atoms in total. The predicted octanol–water partition coefficient (Wildman–Crippen LogP) is 2.37. The van der Waals surface area contributed by atoms with Gasteiger partial charge in [-0.05, 0) is 38.5 Å². The number of carbonyl (C=O) groups excluding carboxylic acids is 1. The Kier molecular flexibility index (Phi) is 2.31. The highest BCUT2D eigenvalue weighted by molar-refractivity contribution is 5.76. The third-order valence-corrected chi connectivity index (χ3v) is 3.28. The first kappa shape index (κ1) is 9.04. The van der Waals surface area contributed by atoms with Crippen LogP contribution in [0.15, 0.2) is 0 Å². The molecule has 13 heavy (non-hydrogen) atoms. The van der Waals surface area contributed by atoms with Gasteiger partial charge in [-0.15, -0.1) is 0 Å². The number of rotatable bonds is 2. The lowest BCUT2D eigenvalue weighted by molar-refractivity contribution is -0.149. The zero-order valence-corrected chi connectivity index (χ0v) is 8.45. The second-order valence-electron chi connectivity index (χ2n) is 4.62. The highest BCUT2D eigenvalue weighted by Crippen LogP contribution is 2.55. The fourth-order valence-corrected chi connectivity index (χ4v) is 2.65. The molecule has 74 valence electrons. The first-order chi connectivity index (χ1) is 6.20. The van der Waals surface area contributed by atoms with Crippen LogP contribution in [0.4, 0.5) is 0 Å². The predicted molar refractivity (Wildman–Crippen MR) is 50.2 cm³/mol. The van der Waals surface area contributed by atoms with Gasteiger partial charge in [0, 0.05) is 0 Å². The van der Waals surface area contributed by atoms with Gasteiger partial charge in [-0.25, -0.2) is 0 Å². The quantitative estimate of drug-likeness (QED) is 0.613. The Labute approximate surface area is 79.7 Å². The van der Waals surface area contributed by atoms with E-state index < -0.39 is 0 Å². The molecule has 0 heterocycles. The van der Waals surface area contributed by atoms with Gasteiger partial charge in [0.2, 0.25) is 0 Å². The molecule has 0 spiro atoms.